The van der Waals surface area contributed by atoms with Crippen LogP contribution in [0.4, 0.5) is 23.4 Å². The van der Waals surface area contributed by atoms with Gasteiger partial charge in [-0.05, 0) is 42.0 Å². The van der Waals surface area contributed by atoms with E-state index in [9.17, 15) is 22.4 Å². The number of alkyl halides is 3. The van der Waals surface area contributed by atoms with Gasteiger partial charge < -0.3 is 4.52 Å². The summed E-state index contributed by atoms with van der Waals surface area (Å²) < 4.78 is 58.3. The van der Waals surface area contributed by atoms with E-state index in [0.717, 1.165) is 6.07 Å². The van der Waals surface area contributed by atoms with Crippen LogP contribution in [0.2, 0.25) is 0 Å². The van der Waals surface area contributed by atoms with Crippen LogP contribution in [0.25, 0.3) is 22.5 Å². The van der Waals surface area contributed by atoms with Crippen molar-refractivity contribution in [3.63, 3.8) is 0 Å². The molecule has 1 amide bonds. The van der Waals surface area contributed by atoms with Gasteiger partial charge in [0, 0.05) is 11.8 Å². The van der Waals surface area contributed by atoms with E-state index in [0.29, 0.717) is 11.3 Å². The van der Waals surface area contributed by atoms with Gasteiger partial charge in [-0.1, -0.05) is 23.4 Å². The molecular weight excluding hydrogens is 428 g/mol. The van der Waals surface area contributed by atoms with Crippen LogP contribution in [0, 0.1) is 5.82 Å². The number of carbonyl (C=O) groups is 1. The smallest absolute Gasteiger partial charge is 0.337 e. The molecule has 0 radical (unpaired) electrons. The molecule has 0 aliphatic rings. The second kappa shape index (κ2) is 8.58. The quantitative estimate of drug-likeness (QED) is 0.433. The van der Waals surface area contributed by atoms with E-state index in [2.05, 4.69) is 20.4 Å². The molecule has 0 fully saturated rings. The third-order valence-electron chi connectivity index (χ3n) is 4.57. The second-order valence-corrected chi connectivity index (χ2v) is 6.72. The fraction of sp³-hybridized carbons (Fsp3) is 0.0909. The maximum Gasteiger partial charge on any atom is 0.416 e. The number of carbonyl (C=O) groups excluding carboxylic acids is 1. The molecule has 0 aliphatic carbocycles. The summed E-state index contributed by atoms with van der Waals surface area (Å²) in [6.45, 7) is 0. The zero-order valence-corrected chi connectivity index (χ0v) is 16.2. The van der Waals surface area contributed by atoms with Crippen LogP contribution in [0.1, 0.15) is 11.1 Å². The fourth-order valence-corrected chi connectivity index (χ4v) is 3.15. The van der Waals surface area contributed by atoms with Crippen LogP contribution in [-0.2, 0) is 17.4 Å². The van der Waals surface area contributed by atoms with Crippen LogP contribution in [0.5, 0.6) is 0 Å². The van der Waals surface area contributed by atoms with Crippen molar-refractivity contribution in [2.75, 3.05) is 5.32 Å². The van der Waals surface area contributed by atoms with Gasteiger partial charge in [0.1, 0.15) is 17.8 Å². The minimum Gasteiger partial charge on any atom is -0.337 e. The highest BCUT2D eigenvalue weighted by atomic mass is 19.4. The van der Waals surface area contributed by atoms with Crippen LogP contribution in [-0.4, -0.2) is 21.0 Å². The van der Waals surface area contributed by atoms with Crippen LogP contribution < -0.4 is 5.32 Å². The van der Waals surface area contributed by atoms with Gasteiger partial charge in [0.25, 0.3) is 0 Å². The third-order valence-corrected chi connectivity index (χ3v) is 4.57. The molecule has 2 heterocycles. The van der Waals surface area contributed by atoms with Gasteiger partial charge in [-0.15, -0.1) is 0 Å². The Kier molecular flexibility index (Phi) is 5.67. The zero-order chi connectivity index (χ0) is 22.7. The lowest BCUT2D eigenvalue weighted by Gasteiger charge is -2.12. The molecule has 2 aromatic carbocycles. The Bertz CT molecular complexity index is 1240. The Morgan fingerprint density at radius 1 is 1.03 bits per heavy atom. The van der Waals surface area contributed by atoms with E-state index in [4.69, 9.17) is 4.52 Å². The van der Waals surface area contributed by atoms with Crippen molar-refractivity contribution in [1.29, 1.82) is 0 Å². The van der Waals surface area contributed by atoms with Gasteiger partial charge in [0.15, 0.2) is 0 Å². The molecule has 0 aliphatic heterocycles. The molecule has 4 aromatic rings. The summed E-state index contributed by atoms with van der Waals surface area (Å²) in [5.74, 6) is -1.28. The summed E-state index contributed by atoms with van der Waals surface area (Å²) in [5, 5.41) is 6.42. The summed E-state index contributed by atoms with van der Waals surface area (Å²) in [7, 11) is 0. The number of nitrogens with zero attached hydrogens (tertiary/aromatic N) is 3. The predicted octanol–water partition coefficient (Wildman–Crippen LogP) is 5.14. The van der Waals surface area contributed by atoms with Crippen molar-refractivity contribution in [3.8, 4) is 22.5 Å². The second-order valence-electron chi connectivity index (χ2n) is 6.72. The topological polar surface area (TPSA) is 80.9 Å². The lowest BCUT2D eigenvalue weighted by atomic mass is 10.0. The first kappa shape index (κ1) is 21.2. The van der Waals surface area contributed by atoms with E-state index in [1.807, 2.05) is 0 Å². The molecule has 10 heteroatoms. The largest absolute Gasteiger partial charge is 0.416 e. The van der Waals surface area contributed by atoms with E-state index < -0.39 is 29.9 Å². The monoisotopic (exact) mass is 442 g/mol. The van der Waals surface area contributed by atoms with Crippen LogP contribution >= 0.6 is 0 Å². The van der Waals surface area contributed by atoms with Gasteiger partial charge in [0.05, 0.1) is 23.2 Å². The number of anilines is 1. The van der Waals surface area contributed by atoms with Gasteiger partial charge >= 0.3 is 6.18 Å². The highest BCUT2D eigenvalue weighted by molar-refractivity contribution is 5.97. The van der Waals surface area contributed by atoms with Crippen molar-refractivity contribution in [2.24, 2.45) is 0 Å². The summed E-state index contributed by atoms with van der Waals surface area (Å²) >= 11 is 0. The zero-order valence-electron chi connectivity index (χ0n) is 16.2. The molecule has 0 saturated carbocycles. The first-order valence-corrected chi connectivity index (χ1v) is 9.30. The Labute approximate surface area is 178 Å². The minimum absolute atomic E-state index is 0.0995. The van der Waals surface area contributed by atoms with Crippen molar-refractivity contribution < 1.29 is 26.9 Å². The maximum atomic E-state index is 13.3. The molecule has 1 N–H and O–H groups in total. The molecule has 4 rings (SSSR count). The standard InChI is InChI=1S/C22H14F4N4O2/c23-15-7-5-13(6-8-15)20-19(17-9-10-27-12-28-17)21(32-30-20)29-18(31)11-14-3-1-2-4-16(14)22(24,25)26/h1-10,12H,11H2,(H,29,31). The van der Waals surface area contributed by atoms with Crippen molar-refractivity contribution >= 4 is 11.8 Å². The first-order valence-electron chi connectivity index (χ1n) is 9.30. The van der Waals surface area contributed by atoms with E-state index in [1.165, 1.54) is 55.0 Å². The Balaban J connectivity index is 1.68. The number of nitrogens with one attached hydrogen (secondary N) is 1. The lowest BCUT2D eigenvalue weighted by molar-refractivity contribution is -0.138. The summed E-state index contributed by atoms with van der Waals surface area (Å²) in [6.07, 6.45) is -2.38. The molecule has 0 spiro atoms. The Morgan fingerprint density at radius 2 is 1.78 bits per heavy atom. The van der Waals surface area contributed by atoms with Gasteiger partial charge in [-0.2, -0.15) is 13.2 Å². The number of benzene rings is 2. The first-order chi connectivity index (χ1) is 15.3. The molecule has 2 aromatic heterocycles. The number of halogens is 4. The average molecular weight is 442 g/mol. The van der Waals surface area contributed by atoms with Gasteiger partial charge in [0.2, 0.25) is 11.8 Å². The van der Waals surface area contributed by atoms with Crippen molar-refractivity contribution in [1.82, 2.24) is 15.1 Å². The van der Waals surface area contributed by atoms with Crippen LogP contribution in [0.15, 0.2) is 71.6 Å². The average Bonchev–Trinajstić information content (AvgIpc) is 3.17. The summed E-state index contributed by atoms with van der Waals surface area (Å²) in [6, 6.07) is 11.8. The molecule has 32 heavy (non-hydrogen) atoms. The maximum absolute atomic E-state index is 13.3. The number of amides is 1. The molecule has 6 nitrogen and oxygen atoms in total. The number of hydrogen-bond donors (Lipinski definition) is 1. The molecule has 0 bridgehead atoms. The highest BCUT2D eigenvalue weighted by Crippen LogP contribution is 2.37. The van der Waals surface area contributed by atoms with E-state index in [1.54, 1.807) is 6.07 Å². The van der Waals surface area contributed by atoms with Gasteiger partial charge in [-0.25, -0.2) is 14.4 Å². The molecular formula is C22H14F4N4O2. The van der Waals surface area contributed by atoms with E-state index in [-0.39, 0.29) is 22.7 Å². The lowest BCUT2D eigenvalue weighted by Crippen LogP contribution is -2.18. The predicted molar refractivity (Wildman–Crippen MR) is 107 cm³/mol. The SMILES string of the molecule is O=C(Cc1ccccc1C(F)(F)F)Nc1onc(-c2ccc(F)cc2)c1-c1ccncn1. The van der Waals surface area contributed by atoms with Crippen LogP contribution in [0.3, 0.4) is 0 Å². The highest BCUT2D eigenvalue weighted by Gasteiger charge is 2.33. The molecule has 162 valence electrons. The van der Waals surface area contributed by atoms with Gasteiger partial charge in [-0.3, -0.25) is 10.1 Å². The Hall–Kier alpha value is -4.08. The number of rotatable bonds is 5. The summed E-state index contributed by atoms with van der Waals surface area (Å²) in [5.41, 5.74) is 0.333. The minimum atomic E-state index is -4.59. The number of aromatic nitrogens is 3. The molecule has 0 saturated heterocycles. The molecule has 0 unspecified atom stereocenters. The number of hydrogen-bond acceptors (Lipinski definition) is 5. The van der Waals surface area contributed by atoms with E-state index >= 15 is 0 Å². The third kappa shape index (κ3) is 4.48. The van der Waals surface area contributed by atoms with Crippen molar-refractivity contribution in [2.45, 2.75) is 12.6 Å². The molecule has 0 atom stereocenters. The normalized spacial score (nSPS) is 11.4. The summed E-state index contributed by atoms with van der Waals surface area (Å²) in [4.78, 5) is 20.6. The fourth-order valence-electron chi connectivity index (χ4n) is 3.15. The Morgan fingerprint density at radius 3 is 2.47 bits per heavy atom. The van der Waals surface area contributed by atoms with Crippen molar-refractivity contribution in [3.05, 3.63) is 84.1 Å².